The summed E-state index contributed by atoms with van der Waals surface area (Å²) in [5.74, 6) is 0. The number of anilines is 1. The second kappa shape index (κ2) is 11.1. The Hall–Kier alpha value is -4.44. The Morgan fingerprint density at radius 3 is 2.51 bits per heavy atom. The molecule has 0 amide bonds. The van der Waals surface area contributed by atoms with Gasteiger partial charge in [0.2, 0.25) is 10.0 Å². The van der Waals surface area contributed by atoms with Crippen LogP contribution in [0.15, 0.2) is 85.3 Å². The van der Waals surface area contributed by atoms with Crippen molar-refractivity contribution < 1.29 is 8.42 Å². The van der Waals surface area contributed by atoms with Crippen LogP contribution in [0, 0.1) is 17.9 Å². The maximum absolute atomic E-state index is 13.0. The Labute approximate surface area is 229 Å². The molecule has 1 aliphatic rings. The van der Waals surface area contributed by atoms with Crippen LogP contribution < -0.4 is 4.90 Å². The third-order valence-corrected chi connectivity index (χ3v) is 8.20. The standard InChI is InChI=1S/C30H28N6O2S/c1-32-27-11-8-24(9-12-27)17-34-19-28(33-22-34)20-35-21-29(15-23-6-4-3-5-7-23)36(39(2,37)38)18-26-14-25(16-31)10-13-30(26)35/h3-14,19,22,29H,15,17-18,20-21H2,2H3/t29-/m1/s1. The number of nitriles is 1. The van der Waals surface area contributed by atoms with Crippen molar-refractivity contribution in [1.82, 2.24) is 13.9 Å². The molecule has 39 heavy (non-hydrogen) atoms. The monoisotopic (exact) mass is 536 g/mol. The number of rotatable bonds is 7. The first-order valence-electron chi connectivity index (χ1n) is 12.6. The highest BCUT2D eigenvalue weighted by Gasteiger charge is 2.33. The van der Waals surface area contributed by atoms with Gasteiger partial charge in [-0.05, 0) is 41.3 Å². The minimum atomic E-state index is -3.53. The molecule has 0 saturated carbocycles. The van der Waals surface area contributed by atoms with E-state index >= 15 is 0 Å². The molecule has 1 atom stereocenters. The maximum Gasteiger partial charge on any atom is 0.211 e. The molecule has 0 aliphatic carbocycles. The molecule has 0 unspecified atom stereocenters. The van der Waals surface area contributed by atoms with Gasteiger partial charge in [0.15, 0.2) is 5.69 Å². The fourth-order valence-electron chi connectivity index (χ4n) is 5.08. The van der Waals surface area contributed by atoms with E-state index < -0.39 is 10.0 Å². The van der Waals surface area contributed by atoms with E-state index in [0.29, 0.717) is 37.3 Å². The van der Waals surface area contributed by atoms with Crippen LogP contribution in [0.3, 0.4) is 0 Å². The van der Waals surface area contributed by atoms with Crippen molar-refractivity contribution in [2.24, 2.45) is 0 Å². The molecule has 3 aromatic carbocycles. The molecule has 0 saturated heterocycles. The molecule has 2 heterocycles. The smallest absolute Gasteiger partial charge is 0.211 e. The van der Waals surface area contributed by atoms with Crippen LogP contribution in [0.1, 0.15) is 27.9 Å². The number of hydrogen-bond donors (Lipinski definition) is 0. The molecule has 0 N–H and O–H groups in total. The highest BCUT2D eigenvalue weighted by molar-refractivity contribution is 7.88. The fraction of sp³-hybridized carbons (Fsp3) is 0.233. The lowest BCUT2D eigenvalue weighted by Crippen LogP contribution is -2.45. The average Bonchev–Trinajstić information content (AvgIpc) is 3.31. The van der Waals surface area contributed by atoms with Crippen LogP contribution in [0.5, 0.6) is 0 Å². The number of hydrogen-bond acceptors (Lipinski definition) is 5. The van der Waals surface area contributed by atoms with Gasteiger partial charge >= 0.3 is 0 Å². The van der Waals surface area contributed by atoms with E-state index in [4.69, 9.17) is 6.57 Å². The van der Waals surface area contributed by atoms with E-state index in [1.54, 1.807) is 22.8 Å². The van der Waals surface area contributed by atoms with Crippen LogP contribution in [0.2, 0.25) is 0 Å². The average molecular weight is 537 g/mol. The van der Waals surface area contributed by atoms with Crippen LogP contribution >= 0.6 is 0 Å². The van der Waals surface area contributed by atoms with Crippen molar-refractivity contribution in [1.29, 1.82) is 5.26 Å². The summed E-state index contributed by atoms with van der Waals surface area (Å²) >= 11 is 0. The van der Waals surface area contributed by atoms with E-state index in [0.717, 1.165) is 28.1 Å². The van der Waals surface area contributed by atoms with Crippen LogP contribution in [0.4, 0.5) is 11.4 Å². The molecular weight excluding hydrogens is 508 g/mol. The largest absolute Gasteiger partial charge is 0.364 e. The predicted octanol–water partition coefficient (Wildman–Crippen LogP) is 4.75. The number of sulfonamides is 1. The van der Waals surface area contributed by atoms with Crippen molar-refractivity contribution in [3.63, 3.8) is 0 Å². The summed E-state index contributed by atoms with van der Waals surface area (Å²) in [7, 11) is -3.53. The zero-order valence-corrected chi connectivity index (χ0v) is 22.4. The van der Waals surface area contributed by atoms with Crippen LogP contribution in [0.25, 0.3) is 4.85 Å². The van der Waals surface area contributed by atoms with Crippen molar-refractivity contribution in [3.8, 4) is 6.07 Å². The highest BCUT2D eigenvalue weighted by Crippen LogP contribution is 2.32. The van der Waals surface area contributed by atoms with E-state index in [9.17, 15) is 13.7 Å². The molecule has 9 heteroatoms. The Balaban J connectivity index is 1.46. The van der Waals surface area contributed by atoms with Crippen molar-refractivity contribution in [3.05, 3.63) is 125 Å². The number of imidazole rings is 1. The summed E-state index contributed by atoms with van der Waals surface area (Å²) < 4.78 is 29.6. The van der Waals surface area contributed by atoms with Gasteiger partial charge in [-0.3, -0.25) is 0 Å². The summed E-state index contributed by atoms with van der Waals surface area (Å²) in [6.45, 7) is 8.93. The Bertz CT molecular complexity index is 1650. The molecule has 0 bridgehead atoms. The Morgan fingerprint density at radius 2 is 1.82 bits per heavy atom. The molecule has 0 fully saturated rings. The summed E-state index contributed by atoms with van der Waals surface area (Å²) in [6.07, 6.45) is 5.61. The summed E-state index contributed by atoms with van der Waals surface area (Å²) in [5.41, 5.74) is 5.80. The van der Waals surface area contributed by atoms with Gasteiger partial charge < -0.3 is 9.47 Å². The zero-order valence-electron chi connectivity index (χ0n) is 21.6. The first-order chi connectivity index (χ1) is 18.8. The van der Waals surface area contributed by atoms with Gasteiger partial charge in [-0.25, -0.2) is 18.2 Å². The van der Waals surface area contributed by atoms with Crippen molar-refractivity contribution >= 4 is 21.4 Å². The first kappa shape index (κ1) is 26.2. The molecule has 1 aromatic heterocycles. The Kier molecular flexibility index (Phi) is 7.47. The van der Waals surface area contributed by atoms with Gasteiger partial charge in [0.1, 0.15) is 0 Å². The SMILES string of the molecule is [C-]#[N+]c1ccc(Cn2cnc(CN3C[C@@H](Cc4ccccc4)N(S(C)(=O)=O)Cc4cc(C#N)ccc43)c2)cc1. The summed E-state index contributed by atoms with van der Waals surface area (Å²) in [6, 6.07) is 24.8. The normalized spacial score (nSPS) is 15.7. The van der Waals surface area contributed by atoms with Crippen LogP contribution in [-0.4, -0.2) is 41.1 Å². The molecule has 8 nitrogen and oxygen atoms in total. The minimum absolute atomic E-state index is 0.201. The van der Waals surface area contributed by atoms with E-state index in [1.807, 2.05) is 71.4 Å². The predicted molar refractivity (Wildman–Crippen MR) is 151 cm³/mol. The maximum atomic E-state index is 13.0. The number of fused-ring (bicyclic) bond motifs is 1. The van der Waals surface area contributed by atoms with Gasteiger partial charge in [0.05, 0.1) is 43.0 Å². The molecule has 1 aliphatic heterocycles. The zero-order chi connectivity index (χ0) is 27.4. The van der Waals surface area contributed by atoms with Gasteiger partial charge in [-0.2, -0.15) is 9.57 Å². The van der Waals surface area contributed by atoms with Gasteiger partial charge in [-0.1, -0.05) is 54.6 Å². The second-order valence-electron chi connectivity index (χ2n) is 9.80. The lowest BCUT2D eigenvalue weighted by molar-refractivity contribution is 0.320. The van der Waals surface area contributed by atoms with E-state index in [2.05, 4.69) is 20.8 Å². The third-order valence-electron chi connectivity index (χ3n) is 6.92. The van der Waals surface area contributed by atoms with Crippen molar-refractivity contribution in [2.75, 3.05) is 17.7 Å². The van der Waals surface area contributed by atoms with Gasteiger partial charge in [0.25, 0.3) is 0 Å². The molecule has 0 spiro atoms. The number of aromatic nitrogens is 2. The molecule has 4 aromatic rings. The topological polar surface area (TPSA) is 86.6 Å². The Morgan fingerprint density at radius 1 is 1.05 bits per heavy atom. The second-order valence-corrected chi connectivity index (χ2v) is 11.7. The highest BCUT2D eigenvalue weighted by atomic mass is 32.2. The van der Waals surface area contributed by atoms with Gasteiger partial charge in [-0.15, -0.1) is 0 Å². The lowest BCUT2D eigenvalue weighted by Gasteiger charge is -2.31. The lowest BCUT2D eigenvalue weighted by atomic mass is 10.1. The minimum Gasteiger partial charge on any atom is -0.364 e. The summed E-state index contributed by atoms with van der Waals surface area (Å²) in [5, 5.41) is 9.51. The van der Waals surface area contributed by atoms with E-state index in [1.165, 1.54) is 6.26 Å². The number of benzene rings is 3. The molecular formula is C30H28N6O2S. The third kappa shape index (κ3) is 6.18. The summed E-state index contributed by atoms with van der Waals surface area (Å²) in [4.78, 5) is 10.3. The fourth-order valence-corrected chi connectivity index (χ4v) is 6.13. The molecule has 196 valence electrons. The molecule has 5 rings (SSSR count). The quantitative estimate of drug-likeness (QED) is 0.318. The molecule has 0 radical (unpaired) electrons. The van der Waals surface area contributed by atoms with Gasteiger partial charge in [0, 0.05) is 37.6 Å². The first-order valence-corrected chi connectivity index (χ1v) is 14.4. The van der Waals surface area contributed by atoms with Crippen LogP contribution in [-0.2, 0) is 36.1 Å². The van der Waals surface area contributed by atoms with E-state index in [-0.39, 0.29) is 12.6 Å². The number of nitrogens with zero attached hydrogens (tertiary/aromatic N) is 6. The van der Waals surface area contributed by atoms with Crippen molar-refractivity contribution in [2.45, 2.75) is 32.1 Å².